The molecular weight excluding hydrogens is 208 g/mol. The number of ether oxygens (including phenoxy) is 3. The standard InChI is InChI=1S/C12H25O4/c1-5-8-14-11(15-9-6-2)12(4,13)16-10-7-3/h11H,5-10H2,1-4H3. The van der Waals surface area contributed by atoms with Gasteiger partial charge in [-0.05, 0) is 26.2 Å². The lowest BCUT2D eigenvalue weighted by atomic mass is 10.3. The Morgan fingerprint density at radius 2 is 1.38 bits per heavy atom. The lowest BCUT2D eigenvalue weighted by Crippen LogP contribution is -2.44. The SMILES string of the molecule is CCCOC(OCCC)C(C)([O])OCCC. The summed E-state index contributed by atoms with van der Waals surface area (Å²) in [5.41, 5.74) is 0. The van der Waals surface area contributed by atoms with Crippen LogP contribution in [0.2, 0.25) is 0 Å². The van der Waals surface area contributed by atoms with Crippen molar-refractivity contribution in [3.05, 3.63) is 0 Å². The summed E-state index contributed by atoms with van der Waals surface area (Å²) in [5.74, 6) is -1.62. The van der Waals surface area contributed by atoms with E-state index in [-0.39, 0.29) is 0 Å². The molecule has 1 radical (unpaired) electrons. The molecule has 0 bridgehead atoms. The van der Waals surface area contributed by atoms with E-state index in [9.17, 15) is 5.11 Å². The van der Waals surface area contributed by atoms with Crippen molar-refractivity contribution < 1.29 is 19.3 Å². The van der Waals surface area contributed by atoms with Crippen molar-refractivity contribution in [3.63, 3.8) is 0 Å². The predicted molar refractivity (Wildman–Crippen MR) is 61.6 cm³/mol. The smallest absolute Gasteiger partial charge is 0.250 e. The predicted octanol–water partition coefficient (Wildman–Crippen LogP) is 2.74. The fraction of sp³-hybridized carbons (Fsp3) is 1.00. The molecule has 0 saturated heterocycles. The molecule has 0 fully saturated rings. The van der Waals surface area contributed by atoms with E-state index in [0.29, 0.717) is 19.8 Å². The highest BCUT2D eigenvalue weighted by Gasteiger charge is 2.36. The molecule has 1 atom stereocenters. The normalized spacial score (nSPS) is 15.4. The third-order valence-electron chi connectivity index (χ3n) is 1.97. The van der Waals surface area contributed by atoms with Crippen LogP contribution < -0.4 is 0 Å². The Hall–Kier alpha value is -0.160. The Bertz CT molecular complexity index is 151. The molecule has 0 amide bonds. The zero-order valence-electron chi connectivity index (χ0n) is 11.0. The van der Waals surface area contributed by atoms with Crippen molar-refractivity contribution in [1.29, 1.82) is 0 Å². The van der Waals surface area contributed by atoms with E-state index >= 15 is 0 Å². The minimum absolute atomic E-state index is 0.432. The molecule has 0 aromatic rings. The van der Waals surface area contributed by atoms with Gasteiger partial charge in [0.25, 0.3) is 0 Å². The Labute approximate surface area is 98.9 Å². The number of hydrogen-bond donors (Lipinski definition) is 0. The largest absolute Gasteiger partial charge is 0.348 e. The Morgan fingerprint density at radius 1 is 0.938 bits per heavy atom. The van der Waals surface area contributed by atoms with Gasteiger partial charge in [0.05, 0.1) is 6.61 Å². The molecule has 0 aliphatic rings. The van der Waals surface area contributed by atoms with Crippen molar-refractivity contribution in [2.75, 3.05) is 19.8 Å². The average molecular weight is 233 g/mol. The van der Waals surface area contributed by atoms with Crippen molar-refractivity contribution >= 4 is 0 Å². The number of hydrogen-bond acceptors (Lipinski definition) is 3. The van der Waals surface area contributed by atoms with Crippen LogP contribution >= 0.6 is 0 Å². The van der Waals surface area contributed by atoms with Crippen LogP contribution in [-0.2, 0) is 19.3 Å². The van der Waals surface area contributed by atoms with Gasteiger partial charge >= 0.3 is 0 Å². The van der Waals surface area contributed by atoms with E-state index in [1.807, 2.05) is 20.8 Å². The fourth-order valence-corrected chi connectivity index (χ4v) is 1.17. The summed E-state index contributed by atoms with van der Waals surface area (Å²) < 4.78 is 16.0. The molecule has 16 heavy (non-hydrogen) atoms. The van der Waals surface area contributed by atoms with E-state index < -0.39 is 12.1 Å². The van der Waals surface area contributed by atoms with Gasteiger partial charge in [0.15, 0.2) is 0 Å². The zero-order chi connectivity index (χ0) is 12.4. The Kier molecular flexibility index (Phi) is 8.84. The van der Waals surface area contributed by atoms with Crippen LogP contribution in [0.1, 0.15) is 47.0 Å². The van der Waals surface area contributed by atoms with Crippen LogP contribution in [0.25, 0.3) is 0 Å². The van der Waals surface area contributed by atoms with Gasteiger partial charge in [0, 0.05) is 13.2 Å². The lowest BCUT2D eigenvalue weighted by molar-refractivity contribution is -0.350. The molecule has 0 heterocycles. The molecule has 1 unspecified atom stereocenters. The average Bonchev–Trinajstić information content (AvgIpc) is 2.26. The van der Waals surface area contributed by atoms with Crippen molar-refractivity contribution in [1.82, 2.24) is 0 Å². The van der Waals surface area contributed by atoms with Crippen LogP contribution in [-0.4, -0.2) is 31.9 Å². The van der Waals surface area contributed by atoms with Crippen molar-refractivity contribution in [2.45, 2.75) is 59.0 Å². The second kappa shape index (κ2) is 8.93. The zero-order valence-corrected chi connectivity index (χ0v) is 11.0. The first-order valence-electron chi connectivity index (χ1n) is 6.16. The summed E-state index contributed by atoms with van der Waals surface area (Å²) in [4.78, 5) is 0. The van der Waals surface area contributed by atoms with Gasteiger partial charge in [0.2, 0.25) is 12.1 Å². The summed E-state index contributed by atoms with van der Waals surface area (Å²) in [6.07, 6.45) is 1.71. The molecule has 0 aliphatic heterocycles. The minimum Gasteiger partial charge on any atom is -0.348 e. The molecule has 0 rings (SSSR count). The van der Waals surface area contributed by atoms with E-state index in [1.165, 1.54) is 6.92 Å². The molecule has 97 valence electrons. The monoisotopic (exact) mass is 233 g/mol. The molecule has 0 aromatic heterocycles. The van der Waals surface area contributed by atoms with Crippen LogP contribution in [0.4, 0.5) is 0 Å². The van der Waals surface area contributed by atoms with Gasteiger partial charge in [-0.15, -0.1) is 0 Å². The van der Waals surface area contributed by atoms with Gasteiger partial charge < -0.3 is 14.2 Å². The molecule has 0 aliphatic carbocycles. The van der Waals surface area contributed by atoms with Crippen LogP contribution in [0, 0.1) is 0 Å². The third kappa shape index (κ3) is 6.43. The molecule has 0 aromatic carbocycles. The van der Waals surface area contributed by atoms with Gasteiger partial charge in [-0.2, -0.15) is 5.11 Å². The molecular formula is C12H25O4. The highest BCUT2D eigenvalue weighted by atomic mass is 16.7. The number of rotatable bonds is 10. The van der Waals surface area contributed by atoms with Gasteiger partial charge in [-0.25, -0.2) is 0 Å². The topological polar surface area (TPSA) is 47.6 Å². The van der Waals surface area contributed by atoms with Gasteiger partial charge in [-0.3, -0.25) is 0 Å². The second-order valence-electron chi connectivity index (χ2n) is 3.94. The summed E-state index contributed by atoms with van der Waals surface area (Å²) in [6.45, 7) is 8.88. The van der Waals surface area contributed by atoms with Crippen molar-refractivity contribution in [3.8, 4) is 0 Å². The molecule has 0 spiro atoms. The molecule has 4 heteroatoms. The summed E-state index contributed by atoms with van der Waals surface area (Å²) in [5, 5.41) is 12.1. The van der Waals surface area contributed by atoms with Crippen LogP contribution in [0.5, 0.6) is 0 Å². The van der Waals surface area contributed by atoms with E-state index in [4.69, 9.17) is 14.2 Å². The summed E-state index contributed by atoms with van der Waals surface area (Å²) in [7, 11) is 0. The van der Waals surface area contributed by atoms with Gasteiger partial charge in [0.1, 0.15) is 0 Å². The van der Waals surface area contributed by atoms with Crippen LogP contribution in [0.3, 0.4) is 0 Å². The highest BCUT2D eigenvalue weighted by molar-refractivity contribution is 4.65. The Morgan fingerprint density at radius 3 is 1.75 bits per heavy atom. The molecule has 4 nitrogen and oxygen atoms in total. The molecule has 0 saturated carbocycles. The highest BCUT2D eigenvalue weighted by Crippen LogP contribution is 2.18. The van der Waals surface area contributed by atoms with E-state index in [1.54, 1.807) is 0 Å². The molecule has 0 N–H and O–H groups in total. The second-order valence-corrected chi connectivity index (χ2v) is 3.94. The summed E-state index contributed by atoms with van der Waals surface area (Å²) >= 11 is 0. The van der Waals surface area contributed by atoms with Crippen LogP contribution in [0.15, 0.2) is 0 Å². The van der Waals surface area contributed by atoms with E-state index in [2.05, 4.69) is 0 Å². The lowest BCUT2D eigenvalue weighted by Gasteiger charge is -2.30. The van der Waals surface area contributed by atoms with Crippen molar-refractivity contribution in [2.24, 2.45) is 0 Å². The van der Waals surface area contributed by atoms with Gasteiger partial charge in [-0.1, -0.05) is 20.8 Å². The summed E-state index contributed by atoms with van der Waals surface area (Å²) in [6, 6.07) is 0. The maximum Gasteiger partial charge on any atom is 0.250 e. The first kappa shape index (κ1) is 15.8. The Balaban J connectivity index is 4.20. The minimum atomic E-state index is -1.62. The fourth-order valence-electron chi connectivity index (χ4n) is 1.17. The third-order valence-corrected chi connectivity index (χ3v) is 1.97. The first-order valence-corrected chi connectivity index (χ1v) is 6.16. The van der Waals surface area contributed by atoms with E-state index in [0.717, 1.165) is 19.3 Å². The maximum atomic E-state index is 12.1. The first-order chi connectivity index (χ1) is 7.58. The quantitative estimate of drug-likeness (QED) is 0.545. The maximum absolute atomic E-state index is 12.1.